The number of halogens is 1. The Kier molecular flexibility index (Phi) is 4.87. The molecule has 1 spiro atoms. The first-order valence-electron chi connectivity index (χ1n) is 11.2. The second kappa shape index (κ2) is 7.68. The van der Waals surface area contributed by atoms with Crippen molar-refractivity contribution in [3.05, 3.63) is 69.3 Å². The normalized spacial score (nSPS) is 28.2. The number of imide groups is 1. The van der Waals surface area contributed by atoms with E-state index in [4.69, 9.17) is 9.47 Å². The Morgan fingerprint density at radius 2 is 1.76 bits per heavy atom. The number of hydrogen-bond donors (Lipinski definition) is 0. The third-order valence-corrected chi connectivity index (χ3v) is 8.43. The second-order valence-electron chi connectivity index (χ2n) is 9.26. The van der Waals surface area contributed by atoms with Gasteiger partial charge in [0.1, 0.15) is 6.61 Å². The van der Waals surface area contributed by atoms with Gasteiger partial charge >= 0.3 is 0 Å². The van der Waals surface area contributed by atoms with E-state index in [-0.39, 0.29) is 40.9 Å². The van der Waals surface area contributed by atoms with Gasteiger partial charge in [0.2, 0.25) is 0 Å². The number of nitrogens with zero attached hydrogens (tertiary/aromatic N) is 2. The summed E-state index contributed by atoms with van der Waals surface area (Å²) in [7, 11) is 1.59. The Morgan fingerprint density at radius 1 is 1.09 bits per heavy atom. The third kappa shape index (κ3) is 3.15. The number of carbonyl (C=O) groups is 2. The summed E-state index contributed by atoms with van der Waals surface area (Å²) in [5, 5.41) is 5.42. The van der Waals surface area contributed by atoms with Crippen LogP contribution in [0.3, 0.4) is 0 Å². The molecule has 0 aromatic heterocycles. The molecule has 2 saturated carbocycles. The van der Waals surface area contributed by atoms with E-state index in [0.29, 0.717) is 18.1 Å². The second-order valence-corrected chi connectivity index (χ2v) is 10.4. The summed E-state index contributed by atoms with van der Waals surface area (Å²) in [6.45, 7) is 0.429. The van der Waals surface area contributed by atoms with Crippen LogP contribution in [0, 0.1) is 32.7 Å². The number of fused-ring (bicyclic) bond motifs is 3. The van der Waals surface area contributed by atoms with Crippen LogP contribution in [0.2, 0.25) is 0 Å². The predicted octanol–water partition coefficient (Wildman–Crippen LogP) is 4.41. The summed E-state index contributed by atoms with van der Waals surface area (Å²) in [6.07, 6.45) is 8.15. The summed E-state index contributed by atoms with van der Waals surface area (Å²) in [6, 6.07) is 13.6. The highest BCUT2D eigenvalue weighted by Crippen LogP contribution is 2.73. The fraction of sp³-hybridized carbons (Fsp3) is 0.346. The van der Waals surface area contributed by atoms with Crippen molar-refractivity contribution in [2.75, 3.05) is 7.11 Å². The van der Waals surface area contributed by atoms with E-state index in [0.717, 1.165) is 32.5 Å². The largest absolute Gasteiger partial charge is 0.493 e. The van der Waals surface area contributed by atoms with Crippen molar-refractivity contribution in [2.24, 2.45) is 34.2 Å². The van der Waals surface area contributed by atoms with E-state index in [9.17, 15) is 9.59 Å². The van der Waals surface area contributed by atoms with Gasteiger partial charge in [-0.1, -0.05) is 42.5 Å². The number of amides is 2. The van der Waals surface area contributed by atoms with Crippen LogP contribution in [0.15, 0.2) is 59.7 Å². The first kappa shape index (κ1) is 20.9. The first-order chi connectivity index (χ1) is 16.0. The fourth-order valence-corrected chi connectivity index (χ4v) is 6.77. The molecule has 4 aliphatic rings. The average Bonchev–Trinajstić information content (AvgIpc) is 3.43. The Labute approximate surface area is 205 Å². The quantitative estimate of drug-likeness (QED) is 0.230. The van der Waals surface area contributed by atoms with Gasteiger partial charge in [-0.05, 0) is 75.9 Å². The van der Waals surface area contributed by atoms with Gasteiger partial charge in [-0.25, -0.2) is 0 Å². The van der Waals surface area contributed by atoms with Crippen LogP contribution < -0.4 is 9.47 Å². The van der Waals surface area contributed by atoms with Gasteiger partial charge in [-0.2, -0.15) is 10.1 Å². The molecule has 7 heteroatoms. The molecule has 0 unspecified atom stereocenters. The van der Waals surface area contributed by atoms with E-state index in [2.05, 4.69) is 39.8 Å². The Balaban J connectivity index is 1.21. The summed E-state index contributed by atoms with van der Waals surface area (Å²) < 4.78 is 12.4. The van der Waals surface area contributed by atoms with Crippen molar-refractivity contribution in [1.29, 1.82) is 0 Å². The Morgan fingerprint density at radius 3 is 2.36 bits per heavy atom. The molecule has 6 nitrogen and oxygen atoms in total. The number of methoxy groups -OCH3 is 1. The lowest BCUT2D eigenvalue weighted by Gasteiger charge is -2.18. The van der Waals surface area contributed by atoms with Crippen molar-refractivity contribution in [3.63, 3.8) is 0 Å². The van der Waals surface area contributed by atoms with E-state index in [1.54, 1.807) is 13.3 Å². The summed E-state index contributed by atoms with van der Waals surface area (Å²) in [4.78, 5) is 26.2. The van der Waals surface area contributed by atoms with Crippen LogP contribution in [0.25, 0.3) is 0 Å². The minimum atomic E-state index is -0.240. The maximum Gasteiger partial charge on any atom is 0.254 e. The zero-order valence-electron chi connectivity index (χ0n) is 18.1. The molecule has 1 aliphatic heterocycles. The topological polar surface area (TPSA) is 68.2 Å². The first-order valence-corrected chi connectivity index (χ1v) is 12.3. The van der Waals surface area contributed by atoms with Crippen molar-refractivity contribution >= 4 is 40.6 Å². The molecule has 6 rings (SSSR count). The fourth-order valence-electron chi connectivity index (χ4n) is 5.99. The number of allylic oxidation sites excluding steroid dienone is 2. The van der Waals surface area contributed by atoms with Crippen LogP contribution >= 0.6 is 22.6 Å². The van der Waals surface area contributed by atoms with Crippen molar-refractivity contribution in [2.45, 2.75) is 19.4 Å². The average molecular weight is 554 g/mol. The molecule has 2 aromatic rings. The van der Waals surface area contributed by atoms with Crippen LogP contribution in [-0.2, 0) is 16.2 Å². The molecular weight excluding hydrogens is 531 g/mol. The molecule has 3 fully saturated rings. The predicted molar refractivity (Wildman–Crippen MR) is 131 cm³/mol. The molecular formula is C26H23IN2O4. The SMILES string of the molecule is COc1cc(/C=N\N2C(=O)[C@H]3[C@H](C2=O)[C@H]2C=C[C@H]3C23CC3)cc(I)c1OCc1ccccc1. The molecule has 33 heavy (non-hydrogen) atoms. The number of rotatable bonds is 6. The van der Waals surface area contributed by atoms with Crippen molar-refractivity contribution in [1.82, 2.24) is 5.01 Å². The molecule has 3 aliphatic carbocycles. The monoisotopic (exact) mass is 554 g/mol. The number of carbonyl (C=O) groups excluding carboxylic acids is 2. The van der Waals surface area contributed by atoms with Crippen LogP contribution in [-0.4, -0.2) is 30.1 Å². The Hall–Kier alpha value is -2.68. The number of hydrazone groups is 1. The zero-order chi connectivity index (χ0) is 22.7. The van der Waals surface area contributed by atoms with Gasteiger partial charge in [0, 0.05) is 0 Å². The lowest BCUT2D eigenvalue weighted by atomic mass is 9.85. The van der Waals surface area contributed by atoms with E-state index in [1.165, 1.54) is 0 Å². The lowest BCUT2D eigenvalue weighted by Crippen LogP contribution is -2.30. The van der Waals surface area contributed by atoms with E-state index < -0.39 is 0 Å². The highest BCUT2D eigenvalue weighted by molar-refractivity contribution is 14.1. The standard InChI is InChI=1S/C26H23IN2O4/c1-32-20-12-16(11-19(27)23(20)33-14-15-5-3-2-4-6-15)13-28-29-24(30)21-17-7-8-18(22(21)25(29)31)26(17)9-10-26/h2-8,11-13,17-18,21-22H,9-10,14H2,1H3/b28-13-/t17-,18-,21-,22-/m1/s1. The van der Waals surface area contributed by atoms with Crippen molar-refractivity contribution in [3.8, 4) is 11.5 Å². The van der Waals surface area contributed by atoms with E-state index >= 15 is 0 Å². The minimum Gasteiger partial charge on any atom is -0.493 e. The van der Waals surface area contributed by atoms with Gasteiger partial charge in [0.25, 0.3) is 11.8 Å². The molecule has 2 amide bonds. The molecule has 2 bridgehead atoms. The van der Waals surface area contributed by atoms with Crippen molar-refractivity contribution < 1.29 is 19.1 Å². The van der Waals surface area contributed by atoms with Crippen LogP contribution in [0.4, 0.5) is 0 Å². The van der Waals surface area contributed by atoms with Gasteiger partial charge in [-0.15, -0.1) is 0 Å². The summed E-state index contributed by atoms with van der Waals surface area (Å²) >= 11 is 2.20. The molecule has 4 atom stereocenters. The molecule has 1 heterocycles. The summed E-state index contributed by atoms with van der Waals surface area (Å²) in [5.41, 5.74) is 1.99. The highest BCUT2D eigenvalue weighted by Gasteiger charge is 2.73. The maximum atomic E-state index is 13.1. The zero-order valence-corrected chi connectivity index (χ0v) is 20.3. The highest BCUT2D eigenvalue weighted by atomic mass is 127. The molecule has 0 N–H and O–H groups in total. The van der Waals surface area contributed by atoms with Gasteiger partial charge in [0.05, 0.1) is 28.7 Å². The van der Waals surface area contributed by atoms with Gasteiger partial charge in [0.15, 0.2) is 11.5 Å². The lowest BCUT2D eigenvalue weighted by molar-refractivity contribution is -0.141. The maximum absolute atomic E-state index is 13.1. The molecule has 2 aromatic carbocycles. The van der Waals surface area contributed by atoms with Gasteiger partial charge in [-0.3, -0.25) is 9.59 Å². The number of benzene rings is 2. The molecule has 168 valence electrons. The molecule has 0 radical (unpaired) electrons. The molecule has 1 saturated heterocycles. The van der Waals surface area contributed by atoms with Gasteiger partial charge < -0.3 is 9.47 Å². The number of hydrogen-bond acceptors (Lipinski definition) is 5. The smallest absolute Gasteiger partial charge is 0.254 e. The third-order valence-electron chi connectivity index (χ3n) is 7.63. The minimum absolute atomic E-state index is 0.158. The number of ether oxygens (including phenoxy) is 2. The summed E-state index contributed by atoms with van der Waals surface area (Å²) in [5.74, 6) is 0.832. The Bertz CT molecular complexity index is 1170. The van der Waals surface area contributed by atoms with Crippen LogP contribution in [0.1, 0.15) is 24.0 Å². The van der Waals surface area contributed by atoms with Crippen LogP contribution in [0.5, 0.6) is 11.5 Å². The van der Waals surface area contributed by atoms with E-state index in [1.807, 2.05) is 42.5 Å².